The molecule has 0 saturated heterocycles. The smallest absolute Gasteiger partial charge is 0.304 e. The van der Waals surface area contributed by atoms with Gasteiger partial charge in [-0.25, -0.2) is 0 Å². The van der Waals surface area contributed by atoms with Crippen LogP contribution in [0, 0.1) is 0 Å². The third-order valence-electron chi connectivity index (χ3n) is 3.09. The van der Waals surface area contributed by atoms with Crippen LogP contribution in [0.15, 0.2) is 18.2 Å². The molecule has 5 nitrogen and oxygen atoms in total. The van der Waals surface area contributed by atoms with Gasteiger partial charge in [0.25, 0.3) is 0 Å². The maximum Gasteiger partial charge on any atom is 0.304 e. The molecule has 0 aromatic heterocycles. The van der Waals surface area contributed by atoms with Gasteiger partial charge in [0, 0.05) is 12.6 Å². The molecule has 0 spiro atoms. The molecule has 1 aromatic rings. The molecule has 1 aromatic carbocycles. The van der Waals surface area contributed by atoms with E-state index in [-0.39, 0.29) is 19.3 Å². The van der Waals surface area contributed by atoms with E-state index in [1.807, 2.05) is 37.1 Å². The van der Waals surface area contributed by atoms with Crippen LogP contribution in [0.1, 0.15) is 18.9 Å². The lowest BCUT2D eigenvalue weighted by Gasteiger charge is -2.23. The van der Waals surface area contributed by atoms with Crippen LogP contribution in [-0.4, -0.2) is 35.9 Å². The first kappa shape index (κ1) is 12.7. The molecule has 1 N–H and O–H groups in total. The first-order chi connectivity index (χ1) is 8.56. The van der Waals surface area contributed by atoms with E-state index in [1.165, 1.54) is 0 Å². The van der Waals surface area contributed by atoms with Crippen molar-refractivity contribution < 1.29 is 19.4 Å². The molecule has 98 valence electrons. The Kier molecular flexibility index (Phi) is 3.72. The second-order valence-electron chi connectivity index (χ2n) is 4.55. The molecular weight excluding hydrogens is 234 g/mol. The van der Waals surface area contributed by atoms with Crippen LogP contribution in [0.3, 0.4) is 0 Å². The number of hydrogen-bond donors (Lipinski definition) is 1. The first-order valence-electron chi connectivity index (χ1n) is 5.87. The second kappa shape index (κ2) is 5.27. The molecule has 18 heavy (non-hydrogen) atoms. The van der Waals surface area contributed by atoms with Crippen molar-refractivity contribution >= 4 is 5.97 Å². The van der Waals surface area contributed by atoms with Crippen molar-refractivity contribution in [3.63, 3.8) is 0 Å². The molecule has 0 bridgehead atoms. The average molecular weight is 251 g/mol. The molecule has 0 fully saturated rings. The molecule has 2 rings (SSSR count). The predicted molar refractivity (Wildman–Crippen MR) is 65.7 cm³/mol. The molecule has 1 aliphatic rings. The number of aliphatic carboxylic acids is 1. The number of benzene rings is 1. The summed E-state index contributed by atoms with van der Waals surface area (Å²) in [6, 6.07) is 5.78. The molecule has 1 unspecified atom stereocenters. The number of hydrogen-bond acceptors (Lipinski definition) is 4. The quantitative estimate of drug-likeness (QED) is 0.863. The topological polar surface area (TPSA) is 59.0 Å². The Morgan fingerprint density at radius 3 is 2.89 bits per heavy atom. The van der Waals surface area contributed by atoms with Gasteiger partial charge in [0.2, 0.25) is 6.79 Å². The summed E-state index contributed by atoms with van der Waals surface area (Å²) in [5, 5.41) is 8.76. The fraction of sp³-hybridized carbons (Fsp3) is 0.462. The maximum atomic E-state index is 10.7. The van der Waals surface area contributed by atoms with Crippen LogP contribution in [0.4, 0.5) is 0 Å². The minimum absolute atomic E-state index is 0.00655. The Morgan fingerprint density at radius 1 is 1.44 bits per heavy atom. The van der Waals surface area contributed by atoms with Crippen LogP contribution in [0.5, 0.6) is 11.5 Å². The Hall–Kier alpha value is -1.75. The SMILES string of the molecule is CC(CC(=O)O)N(C)Cc1ccc2c(c1)OCO2. The van der Waals surface area contributed by atoms with Crippen LogP contribution in [0.2, 0.25) is 0 Å². The van der Waals surface area contributed by atoms with Crippen molar-refractivity contribution in [2.75, 3.05) is 13.8 Å². The molecule has 0 aliphatic carbocycles. The highest BCUT2D eigenvalue weighted by Gasteiger charge is 2.16. The van der Waals surface area contributed by atoms with E-state index in [4.69, 9.17) is 14.6 Å². The summed E-state index contributed by atoms with van der Waals surface area (Å²) >= 11 is 0. The molecule has 1 aliphatic heterocycles. The van der Waals surface area contributed by atoms with Gasteiger partial charge >= 0.3 is 5.97 Å². The lowest BCUT2D eigenvalue weighted by atomic mass is 10.1. The molecule has 5 heteroatoms. The number of carbonyl (C=O) groups is 1. The minimum atomic E-state index is -0.778. The molecule has 0 radical (unpaired) electrons. The third kappa shape index (κ3) is 2.92. The highest BCUT2D eigenvalue weighted by atomic mass is 16.7. The van der Waals surface area contributed by atoms with Crippen LogP contribution in [0.25, 0.3) is 0 Å². The van der Waals surface area contributed by atoms with Gasteiger partial charge in [-0.2, -0.15) is 0 Å². The summed E-state index contributed by atoms with van der Waals surface area (Å²) in [6.45, 7) is 2.86. The van der Waals surface area contributed by atoms with E-state index < -0.39 is 5.97 Å². The molecule has 1 atom stereocenters. The summed E-state index contributed by atoms with van der Waals surface area (Å²) in [5.41, 5.74) is 1.08. The van der Waals surface area contributed by atoms with Gasteiger partial charge < -0.3 is 14.6 Å². The Balaban J connectivity index is 1.98. The zero-order chi connectivity index (χ0) is 13.1. The molecule has 0 amide bonds. The summed E-state index contributed by atoms with van der Waals surface area (Å²) < 4.78 is 10.6. The van der Waals surface area contributed by atoms with Crippen molar-refractivity contribution in [3.8, 4) is 11.5 Å². The fourth-order valence-corrected chi connectivity index (χ4v) is 1.89. The monoisotopic (exact) mass is 251 g/mol. The normalized spacial score (nSPS) is 14.8. The zero-order valence-electron chi connectivity index (χ0n) is 10.5. The lowest BCUT2D eigenvalue weighted by molar-refractivity contribution is -0.138. The molecule has 0 saturated carbocycles. The number of nitrogens with zero attached hydrogens (tertiary/aromatic N) is 1. The van der Waals surface area contributed by atoms with Crippen molar-refractivity contribution in [1.82, 2.24) is 4.90 Å². The van der Waals surface area contributed by atoms with E-state index in [2.05, 4.69) is 0 Å². The van der Waals surface area contributed by atoms with Gasteiger partial charge in [-0.15, -0.1) is 0 Å². The van der Waals surface area contributed by atoms with E-state index in [1.54, 1.807) is 0 Å². The van der Waals surface area contributed by atoms with Crippen molar-refractivity contribution in [1.29, 1.82) is 0 Å². The average Bonchev–Trinajstić information content (AvgIpc) is 2.75. The highest BCUT2D eigenvalue weighted by Crippen LogP contribution is 2.32. The van der Waals surface area contributed by atoms with Crippen LogP contribution >= 0.6 is 0 Å². The van der Waals surface area contributed by atoms with E-state index in [0.29, 0.717) is 6.54 Å². The van der Waals surface area contributed by atoms with Gasteiger partial charge in [0.1, 0.15) is 0 Å². The Bertz CT molecular complexity index is 447. The van der Waals surface area contributed by atoms with Crippen molar-refractivity contribution in [2.24, 2.45) is 0 Å². The number of ether oxygens (including phenoxy) is 2. The summed E-state index contributed by atoms with van der Waals surface area (Å²) in [6.07, 6.45) is 0.140. The first-order valence-corrected chi connectivity index (χ1v) is 5.87. The lowest BCUT2D eigenvalue weighted by Crippen LogP contribution is -2.30. The van der Waals surface area contributed by atoms with E-state index in [9.17, 15) is 4.79 Å². The van der Waals surface area contributed by atoms with Gasteiger partial charge in [-0.05, 0) is 31.7 Å². The number of rotatable bonds is 5. The van der Waals surface area contributed by atoms with Gasteiger partial charge in [-0.1, -0.05) is 6.07 Å². The van der Waals surface area contributed by atoms with Crippen molar-refractivity contribution in [3.05, 3.63) is 23.8 Å². The Labute approximate surface area is 106 Å². The predicted octanol–water partition coefficient (Wildman–Crippen LogP) is 1.71. The van der Waals surface area contributed by atoms with Gasteiger partial charge in [0.15, 0.2) is 11.5 Å². The highest BCUT2D eigenvalue weighted by molar-refractivity contribution is 5.67. The van der Waals surface area contributed by atoms with E-state index >= 15 is 0 Å². The van der Waals surface area contributed by atoms with Gasteiger partial charge in [-0.3, -0.25) is 9.69 Å². The zero-order valence-corrected chi connectivity index (χ0v) is 10.5. The van der Waals surface area contributed by atoms with Crippen LogP contribution < -0.4 is 9.47 Å². The molecule has 1 heterocycles. The van der Waals surface area contributed by atoms with Crippen molar-refractivity contribution in [2.45, 2.75) is 25.9 Å². The fourth-order valence-electron chi connectivity index (χ4n) is 1.89. The number of fused-ring (bicyclic) bond motifs is 1. The Morgan fingerprint density at radius 2 is 2.17 bits per heavy atom. The van der Waals surface area contributed by atoms with Crippen LogP contribution in [-0.2, 0) is 11.3 Å². The third-order valence-corrected chi connectivity index (χ3v) is 3.09. The molecular formula is C13H17NO4. The minimum Gasteiger partial charge on any atom is -0.481 e. The largest absolute Gasteiger partial charge is 0.481 e. The second-order valence-corrected chi connectivity index (χ2v) is 4.55. The van der Waals surface area contributed by atoms with E-state index in [0.717, 1.165) is 17.1 Å². The maximum absolute atomic E-state index is 10.7. The van der Waals surface area contributed by atoms with Gasteiger partial charge in [0.05, 0.1) is 6.42 Å². The standard InChI is InChI=1S/C13H17NO4/c1-9(5-13(15)16)14(2)7-10-3-4-11-12(6-10)18-8-17-11/h3-4,6,9H,5,7-8H2,1-2H3,(H,15,16). The number of carboxylic acids is 1. The summed E-state index contributed by atoms with van der Waals surface area (Å²) in [7, 11) is 1.91. The summed E-state index contributed by atoms with van der Waals surface area (Å²) in [4.78, 5) is 12.7. The number of carboxylic acid groups (broad SMARTS) is 1. The summed E-state index contributed by atoms with van der Waals surface area (Å²) in [5.74, 6) is 0.742.